The highest BCUT2D eigenvalue weighted by atomic mass is 15.2. The van der Waals surface area contributed by atoms with Crippen molar-refractivity contribution in [3.05, 3.63) is 35.5 Å². The zero-order chi connectivity index (χ0) is 13.4. The van der Waals surface area contributed by atoms with Crippen LogP contribution < -0.4 is 5.32 Å². The Bertz CT molecular complexity index is 585. The highest BCUT2D eigenvalue weighted by Gasteiger charge is 2.20. The standard InChI is InChI=1S/C16H23N3/c1-12-4-5-16-15(8-12)13(11-19(16)3)9-14-10-17-6-7-18(14)2/h4-5,8,11,14,17H,6-7,9-10H2,1-3H3. The topological polar surface area (TPSA) is 20.2 Å². The number of benzene rings is 1. The van der Waals surface area contributed by atoms with Gasteiger partial charge in [-0.05, 0) is 38.1 Å². The molecule has 1 aliphatic heterocycles. The van der Waals surface area contributed by atoms with Crippen molar-refractivity contribution in [1.82, 2.24) is 14.8 Å². The Balaban J connectivity index is 1.94. The molecule has 0 bridgehead atoms. The minimum absolute atomic E-state index is 0.611. The number of hydrogen-bond acceptors (Lipinski definition) is 2. The fraction of sp³-hybridized carbons (Fsp3) is 0.500. The molecule has 3 rings (SSSR count). The number of rotatable bonds is 2. The molecule has 19 heavy (non-hydrogen) atoms. The van der Waals surface area contributed by atoms with E-state index in [1.807, 2.05) is 0 Å². The van der Waals surface area contributed by atoms with E-state index in [-0.39, 0.29) is 0 Å². The summed E-state index contributed by atoms with van der Waals surface area (Å²) in [4.78, 5) is 2.48. The van der Waals surface area contributed by atoms with E-state index in [1.54, 1.807) is 0 Å². The monoisotopic (exact) mass is 257 g/mol. The van der Waals surface area contributed by atoms with Crippen LogP contribution in [-0.4, -0.2) is 42.2 Å². The number of likely N-dealkylation sites (N-methyl/N-ethyl adjacent to an activating group) is 1. The summed E-state index contributed by atoms with van der Waals surface area (Å²) in [5.74, 6) is 0. The highest BCUT2D eigenvalue weighted by molar-refractivity contribution is 5.84. The Hall–Kier alpha value is -1.32. The molecule has 2 heterocycles. The van der Waals surface area contributed by atoms with Gasteiger partial charge in [0.15, 0.2) is 0 Å². The summed E-state index contributed by atoms with van der Waals surface area (Å²) < 4.78 is 2.25. The lowest BCUT2D eigenvalue weighted by molar-refractivity contribution is 0.199. The number of piperazine rings is 1. The molecule has 1 unspecified atom stereocenters. The van der Waals surface area contributed by atoms with Crippen LogP contribution >= 0.6 is 0 Å². The van der Waals surface area contributed by atoms with Crippen molar-refractivity contribution in [2.75, 3.05) is 26.7 Å². The van der Waals surface area contributed by atoms with Crippen LogP contribution in [0.1, 0.15) is 11.1 Å². The number of aryl methyl sites for hydroxylation is 2. The first-order valence-electron chi connectivity index (χ1n) is 7.10. The zero-order valence-corrected chi connectivity index (χ0v) is 12.1. The molecule has 0 spiro atoms. The molecule has 1 aromatic carbocycles. The van der Waals surface area contributed by atoms with E-state index in [0.29, 0.717) is 6.04 Å². The van der Waals surface area contributed by atoms with Gasteiger partial charge in [-0.3, -0.25) is 0 Å². The molecule has 2 aromatic rings. The number of aromatic nitrogens is 1. The maximum Gasteiger partial charge on any atom is 0.0480 e. The van der Waals surface area contributed by atoms with Crippen molar-refractivity contribution >= 4 is 10.9 Å². The summed E-state index contributed by atoms with van der Waals surface area (Å²) >= 11 is 0. The second kappa shape index (κ2) is 4.99. The Labute approximate surface area is 115 Å². The molecular weight excluding hydrogens is 234 g/mol. The molecule has 1 aliphatic rings. The van der Waals surface area contributed by atoms with E-state index in [1.165, 1.54) is 22.0 Å². The third-order valence-corrected chi connectivity index (χ3v) is 4.33. The largest absolute Gasteiger partial charge is 0.350 e. The van der Waals surface area contributed by atoms with Crippen molar-refractivity contribution in [2.24, 2.45) is 7.05 Å². The second-order valence-electron chi connectivity index (χ2n) is 5.83. The Morgan fingerprint density at radius 3 is 2.95 bits per heavy atom. The molecule has 0 saturated carbocycles. The molecule has 0 aliphatic carbocycles. The SMILES string of the molecule is Cc1ccc2c(c1)c(CC1CNCCN1C)cn2C. The van der Waals surface area contributed by atoms with E-state index in [0.717, 1.165) is 26.1 Å². The fourth-order valence-electron chi connectivity index (χ4n) is 3.09. The van der Waals surface area contributed by atoms with Crippen molar-refractivity contribution in [1.29, 1.82) is 0 Å². The quantitative estimate of drug-likeness (QED) is 0.887. The van der Waals surface area contributed by atoms with Crippen LogP contribution in [0.3, 0.4) is 0 Å². The lowest BCUT2D eigenvalue weighted by Gasteiger charge is -2.33. The van der Waals surface area contributed by atoms with Gasteiger partial charge in [0.2, 0.25) is 0 Å². The van der Waals surface area contributed by atoms with Gasteiger partial charge < -0.3 is 14.8 Å². The Morgan fingerprint density at radius 1 is 1.32 bits per heavy atom. The molecule has 102 valence electrons. The summed E-state index contributed by atoms with van der Waals surface area (Å²) in [6.07, 6.45) is 3.43. The van der Waals surface area contributed by atoms with Gasteiger partial charge in [0.25, 0.3) is 0 Å². The molecule has 1 aromatic heterocycles. The lowest BCUT2D eigenvalue weighted by Crippen LogP contribution is -2.50. The van der Waals surface area contributed by atoms with Gasteiger partial charge in [0.05, 0.1) is 0 Å². The summed E-state index contributed by atoms with van der Waals surface area (Å²) in [6.45, 7) is 5.53. The average Bonchev–Trinajstić information content (AvgIpc) is 2.69. The summed E-state index contributed by atoms with van der Waals surface area (Å²) in [5, 5.41) is 4.92. The first-order valence-corrected chi connectivity index (χ1v) is 7.10. The first kappa shape index (κ1) is 12.7. The normalized spacial score (nSPS) is 21.1. The number of nitrogens with one attached hydrogen (secondary N) is 1. The number of nitrogens with zero attached hydrogens (tertiary/aromatic N) is 2. The average molecular weight is 257 g/mol. The molecule has 0 radical (unpaired) electrons. The van der Waals surface area contributed by atoms with Gasteiger partial charge in [0, 0.05) is 49.8 Å². The van der Waals surface area contributed by atoms with Crippen molar-refractivity contribution < 1.29 is 0 Å². The van der Waals surface area contributed by atoms with Crippen molar-refractivity contribution in [3.8, 4) is 0 Å². The van der Waals surface area contributed by atoms with E-state index in [4.69, 9.17) is 0 Å². The Kier molecular flexibility index (Phi) is 3.33. The van der Waals surface area contributed by atoms with Crippen LogP contribution in [0.4, 0.5) is 0 Å². The molecule has 3 heteroatoms. The zero-order valence-electron chi connectivity index (χ0n) is 12.1. The van der Waals surface area contributed by atoms with Gasteiger partial charge in [-0.1, -0.05) is 11.6 Å². The fourth-order valence-corrected chi connectivity index (χ4v) is 3.09. The predicted octanol–water partition coefficient (Wildman–Crippen LogP) is 1.93. The minimum Gasteiger partial charge on any atom is -0.350 e. The summed E-state index contributed by atoms with van der Waals surface area (Å²) in [7, 11) is 4.38. The number of fused-ring (bicyclic) bond motifs is 1. The van der Waals surface area contributed by atoms with Crippen molar-refractivity contribution in [3.63, 3.8) is 0 Å². The predicted molar refractivity (Wildman–Crippen MR) is 80.6 cm³/mol. The number of hydrogen-bond donors (Lipinski definition) is 1. The van der Waals surface area contributed by atoms with Crippen molar-refractivity contribution in [2.45, 2.75) is 19.4 Å². The molecule has 1 saturated heterocycles. The second-order valence-corrected chi connectivity index (χ2v) is 5.83. The van der Waals surface area contributed by atoms with Gasteiger partial charge in [-0.2, -0.15) is 0 Å². The Morgan fingerprint density at radius 2 is 2.16 bits per heavy atom. The maximum absolute atomic E-state index is 3.50. The summed E-state index contributed by atoms with van der Waals surface area (Å²) in [5.41, 5.74) is 4.16. The van der Waals surface area contributed by atoms with Crippen LogP contribution in [0.15, 0.2) is 24.4 Å². The van der Waals surface area contributed by atoms with Gasteiger partial charge in [-0.15, -0.1) is 0 Å². The molecule has 1 N–H and O–H groups in total. The van der Waals surface area contributed by atoms with E-state index < -0.39 is 0 Å². The van der Waals surface area contributed by atoms with Crippen LogP contribution in [0.2, 0.25) is 0 Å². The molecular formula is C16H23N3. The van der Waals surface area contributed by atoms with Crippen LogP contribution in [0, 0.1) is 6.92 Å². The van der Waals surface area contributed by atoms with Gasteiger partial charge in [0.1, 0.15) is 0 Å². The summed E-state index contributed by atoms with van der Waals surface area (Å²) in [6, 6.07) is 7.36. The third kappa shape index (κ3) is 2.40. The van der Waals surface area contributed by atoms with Gasteiger partial charge in [-0.25, -0.2) is 0 Å². The minimum atomic E-state index is 0.611. The third-order valence-electron chi connectivity index (χ3n) is 4.33. The van der Waals surface area contributed by atoms with E-state index in [9.17, 15) is 0 Å². The molecule has 1 fully saturated rings. The molecule has 0 amide bonds. The lowest BCUT2D eigenvalue weighted by atomic mass is 10.0. The molecule has 3 nitrogen and oxygen atoms in total. The highest BCUT2D eigenvalue weighted by Crippen LogP contribution is 2.24. The smallest absolute Gasteiger partial charge is 0.0480 e. The molecule has 1 atom stereocenters. The van der Waals surface area contributed by atoms with E-state index >= 15 is 0 Å². The van der Waals surface area contributed by atoms with Crippen LogP contribution in [-0.2, 0) is 13.5 Å². The van der Waals surface area contributed by atoms with Crippen LogP contribution in [0.5, 0.6) is 0 Å². The van der Waals surface area contributed by atoms with E-state index in [2.05, 4.69) is 60.2 Å². The maximum atomic E-state index is 3.50. The van der Waals surface area contributed by atoms with Crippen LogP contribution in [0.25, 0.3) is 10.9 Å². The first-order chi connectivity index (χ1) is 9.15. The van der Waals surface area contributed by atoms with Gasteiger partial charge >= 0.3 is 0 Å².